The highest BCUT2D eigenvalue weighted by Crippen LogP contribution is 2.29. The van der Waals surface area contributed by atoms with Gasteiger partial charge in [0.15, 0.2) is 6.61 Å². The van der Waals surface area contributed by atoms with E-state index in [1.807, 2.05) is 0 Å². The monoisotopic (exact) mass is 464 g/mol. The van der Waals surface area contributed by atoms with Crippen molar-refractivity contribution in [1.29, 1.82) is 0 Å². The number of amides is 2. The number of nitrogens with two attached hydrogens (primary N) is 1. The van der Waals surface area contributed by atoms with E-state index in [1.54, 1.807) is 0 Å². The molecule has 0 aliphatic carbocycles. The number of rotatable bonds is 8. The minimum atomic E-state index is -4.43. The van der Waals surface area contributed by atoms with Crippen molar-refractivity contribution in [3.05, 3.63) is 47.0 Å². The molecule has 0 unspecified atom stereocenters. The summed E-state index contributed by atoms with van der Waals surface area (Å²) in [6, 6.07) is 4.10. The highest BCUT2D eigenvalue weighted by Gasteiger charge is 2.28. The highest BCUT2D eigenvalue weighted by atomic mass is 35.5. The Hall–Kier alpha value is -2.75. The highest BCUT2D eigenvalue weighted by molar-refractivity contribution is 6.33. The van der Waals surface area contributed by atoms with Crippen molar-refractivity contribution in [1.82, 2.24) is 4.98 Å². The Kier molecular flexibility index (Phi) is 10.9. The van der Waals surface area contributed by atoms with Crippen LogP contribution in [-0.2, 0) is 6.54 Å². The summed E-state index contributed by atoms with van der Waals surface area (Å²) in [5.74, 6) is -0.781. The van der Waals surface area contributed by atoms with Crippen LogP contribution in [0.25, 0.3) is 0 Å². The fourth-order valence-electron chi connectivity index (χ4n) is 2.22. The first-order valence-corrected chi connectivity index (χ1v) is 9.87. The molecule has 0 saturated heterocycles. The molecule has 0 aliphatic heterocycles. The molecule has 4 N–H and O–H groups in total. The molecule has 1 aromatic heterocycles. The molecule has 1 aromatic carbocycles. The van der Waals surface area contributed by atoms with Gasteiger partial charge < -0.3 is 21.1 Å². The molecule has 31 heavy (non-hydrogen) atoms. The number of benzene rings is 1. The van der Waals surface area contributed by atoms with E-state index in [0.717, 1.165) is 12.3 Å². The summed E-state index contributed by atoms with van der Waals surface area (Å²) in [5.41, 5.74) is 5.44. The summed E-state index contributed by atoms with van der Waals surface area (Å²) in [7, 11) is 0. The largest absolute Gasteiger partial charge is 0.483 e. The maximum atomic E-state index is 13.9. The second-order valence-electron chi connectivity index (χ2n) is 6.40. The SMILES string of the molecule is CCCCC.NC(=O)Nc1cc(Cl)c(NCc2ccc(OCC(F)(F)F)cn2)cc1F. The molecule has 0 radical (unpaired) electrons. The van der Waals surface area contributed by atoms with Crippen LogP contribution in [0.1, 0.15) is 38.8 Å². The summed E-state index contributed by atoms with van der Waals surface area (Å²) in [6.45, 7) is 3.14. The van der Waals surface area contributed by atoms with Gasteiger partial charge in [-0.2, -0.15) is 13.2 Å². The number of urea groups is 1. The predicted molar refractivity (Wildman–Crippen MR) is 113 cm³/mol. The van der Waals surface area contributed by atoms with Crippen LogP contribution < -0.4 is 21.1 Å². The topological polar surface area (TPSA) is 89.3 Å². The van der Waals surface area contributed by atoms with E-state index < -0.39 is 24.6 Å². The number of primary amides is 1. The molecule has 0 atom stereocenters. The number of carbonyl (C=O) groups is 1. The van der Waals surface area contributed by atoms with Gasteiger partial charge in [-0.3, -0.25) is 4.98 Å². The van der Waals surface area contributed by atoms with Crippen LogP contribution in [0.5, 0.6) is 5.75 Å². The number of pyridine rings is 1. The van der Waals surface area contributed by atoms with E-state index >= 15 is 0 Å². The van der Waals surface area contributed by atoms with Gasteiger partial charge in [0.1, 0.15) is 11.6 Å². The van der Waals surface area contributed by atoms with Gasteiger partial charge in [0.05, 0.1) is 34.8 Å². The number of hydrogen-bond donors (Lipinski definition) is 3. The molecule has 0 spiro atoms. The molecule has 2 amide bonds. The summed E-state index contributed by atoms with van der Waals surface area (Å²) >= 11 is 5.99. The van der Waals surface area contributed by atoms with Crippen molar-refractivity contribution < 1.29 is 27.1 Å². The van der Waals surface area contributed by atoms with Gasteiger partial charge in [0, 0.05) is 6.07 Å². The van der Waals surface area contributed by atoms with Crippen LogP contribution >= 0.6 is 11.6 Å². The lowest BCUT2D eigenvalue weighted by Crippen LogP contribution is -2.20. The fraction of sp³-hybridized carbons (Fsp3) is 0.400. The van der Waals surface area contributed by atoms with E-state index in [2.05, 4.69) is 34.2 Å². The molecular formula is C20H25ClF4N4O2. The number of aromatic nitrogens is 1. The zero-order valence-corrected chi connectivity index (χ0v) is 17.9. The number of carbonyl (C=O) groups excluding carboxylic acids is 1. The summed E-state index contributed by atoms with van der Waals surface area (Å²) < 4.78 is 54.6. The molecule has 6 nitrogen and oxygen atoms in total. The van der Waals surface area contributed by atoms with Gasteiger partial charge in [-0.1, -0.05) is 44.7 Å². The minimum absolute atomic E-state index is 0.0305. The van der Waals surface area contributed by atoms with Crippen molar-refractivity contribution >= 4 is 29.0 Å². The number of nitrogens with zero attached hydrogens (tertiary/aromatic N) is 1. The fourth-order valence-corrected chi connectivity index (χ4v) is 2.45. The predicted octanol–water partition coefficient (Wildman–Crippen LogP) is 6.11. The van der Waals surface area contributed by atoms with Crippen molar-refractivity contribution in [3.8, 4) is 5.75 Å². The average molecular weight is 465 g/mol. The number of ether oxygens (including phenoxy) is 1. The molecule has 1 heterocycles. The Balaban J connectivity index is 0.000000861. The second kappa shape index (κ2) is 12.8. The molecule has 2 aromatic rings. The van der Waals surface area contributed by atoms with E-state index in [-0.39, 0.29) is 28.7 Å². The van der Waals surface area contributed by atoms with E-state index in [1.165, 1.54) is 37.5 Å². The Morgan fingerprint density at radius 2 is 1.87 bits per heavy atom. The lowest BCUT2D eigenvalue weighted by molar-refractivity contribution is -0.153. The molecule has 0 aliphatic rings. The third kappa shape index (κ3) is 10.7. The Labute approximate surface area is 183 Å². The number of anilines is 2. The summed E-state index contributed by atoms with van der Waals surface area (Å²) in [4.78, 5) is 14.7. The Bertz CT molecular complexity index is 831. The molecular weight excluding hydrogens is 440 g/mol. The van der Waals surface area contributed by atoms with Gasteiger partial charge >= 0.3 is 12.2 Å². The number of unbranched alkanes of at least 4 members (excludes halogenated alkanes) is 2. The molecule has 11 heteroatoms. The summed E-state index contributed by atoms with van der Waals surface area (Å²) in [6.07, 6.45) is 0.786. The lowest BCUT2D eigenvalue weighted by Gasteiger charge is -2.12. The van der Waals surface area contributed by atoms with Crippen LogP contribution in [0.2, 0.25) is 5.02 Å². The molecule has 172 valence electrons. The van der Waals surface area contributed by atoms with Gasteiger partial charge in [-0.25, -0.2) is 9.18 Å². The maximum Gasteiger partial charge on any atom is 0.422 e. The van der Waals surface area contributed by atoms with Crippen LogP contribution in [0, 0.1) is 5.82 Å². The van der Waals surface area contributed by atoms with Crippen LogP contribution in [0.15, 0.2) is 30.5 Å². The van der Waals surface area contributed by atoms with Crippen LogP contribution in [0.4, 0.5) is 33.7 Å². The van der Waals surface area contributed by atoms with Crippen molar-refractivity contribution in [2.45, 2.75) is 45.8 Å². The molecule has 0 fully saturated rings. The van der Waals surface area contributed by atoms with Gasteiger partial charge in [0.25, 0.3) is 0 Å². The van der Waals surface area contributed by atoms with E-state index in [9.17, 15) is 22.4 Å². The lowest BCUT2D eigenvalue weighted by atomic mass is 10.2. The number of alkyl halides is 3. The first-order valence-electron chi connectivity index (χ1n) is 9.49. The quantitative estimate of drug-likeness (QED) is 0.411. The van der Waals surface area contributed by atoms with Gasteiger partial charge in [-0.05, 0) is 18.2 Å². The number of hydrogen-bond acceptors (Lipinski definition) is 4. The molecule has 2 rings (SSSR count). The zero-order chi connectivity index (χ0) is 23.4. The number of nitrogens with one attached hydrogen (secondary N) is 2. The summed E-state index contributed by atoms with van der Waals surface area (Å²) in [5, 5.41) is 5.04. The Morgan fingerprint density at radius 3 is 2.35 bits per heavy atom. The average Bonchev–Trinajstić information content (AvgIpc) is 2.69. The normalized spacial score (nSPS) is 10.7. The van der Waals surface area contributed by atoms with E-state index in [0.29, 0.717) is 5.69 Å². The molecule has 0 saturated carbocycles. The standard InChI is InChI=1S/C15H13ClF4N4O2.C5H12/c16-10-3-13(24-14(21)25)11(17)4-12(10)23-5-8-1-2-9(6-22-8)26-7-15(18,19)20;1-3-5-4-2/h1-4,6,23H,5,7H2,(H3,21,24,25);3-5H2,1-2H3. The van der Waals surface area contributed by atoms with Gasteiger partial charge in [0.2, 0.25) is 0 Å². The van der Waals surface area contributed by atoms with Crippen LogP contribution in [0.3, 0.4) is 0 Å². The zero-order valence-electron chi connectivity index (χ0n) is 17.2. The van der Waals surface area contributed by atoms with Gasteiger partial charge in [-0.15, -0.1) is 0 Å². The van der Waals surface area contributed by atoms with E-state index in [4.69, 9.17) is 17.3 Å². The number of halogens is 5. The third-order valence-corrected chi connectivity index (χ3v) is 3.99. The molecule has 0 bridgehead atoms. The maximum absolute atomic E-state index is 13.9. The smallest absolute Gasteiger partial charge is 0.422 e. The van der Waals surface area contributed by atoms with Crippen molar-refractivity contribution in [2.24, 2.45) is 5.73 Å². The second-order valence-corrected chi connectivity index (χ2v) is 6.80. The Morgan fingerprint density at radius 1 is 1.19 bits per heavy atom. The third-order valence-electron chi connectivity index (χ3n) is 3.68. The first-order chi connectivity index (χ1) is 14.6. The van der Waals surface area contributed by atoms with Crippen LogP contribution in [-0.4, -0.2) is 23.8 Å². The van der Waals surface area contributed by atoms with Crippen molar-refractivity contribution in [2.75, 3.05) is 17.2 Å². The van der Waals surface area contributed by atoms with Crippen molar-refractivity contribution in [3.63, 3.8) is 0 Å². The first kappa shape index (κ1) is 26.3. The minimum Gasteiger partial charge on any atom is -0.483 e.